The summed E-state index contributed by atoms with van der Waals surface area (Å²) < 4.78 is 0. The highest BCUT2D eigenvalue weighted by atomic mass is 16.2. The van der Waals surface area contributed by atoms with Crippen LogP contribution in [0, 0.1) is 11.3 Å². The standard InChI is InChI=1S/C15H28N2O/c1-15(2)8-10-17(11-9-15)14(18)13(16)12-6-4-3-5-7-12/h12-13H,3-11,16H2,1-2H3. The largest absolute Gasteiger partial charge is 0.341 e. The van der Waals surface area contributed by atoms with Gasteiger partial charge in [-0.3, -0.25) is 4.79 Å². The predicted octanol–water partition coefficient (Wildman–Crippen LogP) is 2.54. The maximum absolute atomic E-state index is 12.4. The van der Waals surface area contributed by atoms with Gasteiger partial charge in [0.1, 0.15) is 0 Å². The number of hydrogen-bond donors (Lipinski definition) is 1. The van der Waals surface area contributed by atoms with Gasteiger partial charge in [-0.25, -0.2) is 0 Å². The van der Waals surface area contributed by atoms with Crippen LogP contribution in [0.2, 0.25) is 0 Å². The average Bonchev–Trinajstić information content (AvgIpc) is 2.38. The molecule has 1 heterocycles. The first-order valence-electron chi connectivity index (χ1n) is 7.54. The molecule has 1 saturated carbocycles. The van der Waals surface area contributed by atoms with E-state index in [9.17, 15) is 4.79 Å². The Morgan fingerprint density at radius 2 is 1.72 bits per heavy atom. The van der Waals surface area contributed by atoms with Crippen LogP contribution >= 0.6 is 0 Å². The highest BCUT2D eigenvalue weighted by Gasteiger charge is 2.33. The number of rotatable bonds is 2. The van der Waals surface area contributed by atoms with E-state index in [1.807, 2.05) is 4.90 Å². The number of nitrogens with zero attached hydrogens (tertiary/aromatic N) is 1. The van der Waals surface area contributed by atoms with E-state index < -0.39 is 0 Å². The Balaban J connectivity index is 1.87. The molecule has 3 nitrogen and oxygen atoms in total. The summed E-state index contributed by atoms with van der Waals surface area (Å²) in [5.41, 5.74) is 6.59. The molecule has 2 aliphatic rings. The summed E-state index contributed by atoms with van der Waals surface area (Å²) in [6.07, 6.45) is 8.32. The summed E-state index contributed by atoms with van der Waals surface area (Å²) >= 11 is 0. The molecule has 1 unspecified atom stereocenters. The molecule has 2 N–H and O–H groups in total. The van der Waals surface area contributed by atoms with E-state index in [-0.39, 0.29) is 11.9 Å². The van der Waals surface area contributed by atoms with Crippen molar-refractivity contribution >= 4 is 5.91 Å². The zero-order chi connectivity index (χ0) is 13.2. The van der Waals surface area contributed by atoms with Gasteiger partial charge in [0.2, 0.25) is 5.91 Å². The van der Waals surface area contributed by atoms with E-state index in [4.69, 9.17) is 5.73 Å². The summed E-state index contributed by atoms with van der Waals surface area (Å²) in [4.78, 5) is 14.4. The topological polar surface area (TPSA) is 46.3 Å². The summed E-state index contributed by atoms with van der Waals surface area (Å²) in [6, 6.07) is -0.244. The van der Waals surface area contributed by atoms with Crippen LogP contribution < -0.4 is 5.73 Å². The normalized spacial score (nSPS) is 26.9. The lowest BCUT2D eigenvalue weighted by atomic mass is 9.81. The molecule has 0 aromatic rings. The molecule has 18 heavy (non-hydrogen) atoms. The third-order valence-electron chi connectivity index (χ3n) is 4.87. The highest BCUT2D eigenvalue weighted by Crippen LogP contribution is 2.31. The van der Waals surface area contributed by atoms with Crippen LogP contribution in [0.25, 0.3) is 0 Å². The van der Waals surface area contributed by atoms with E-state index in [0.29, 0.717) is 11.3 Å². The molecule has 0 aromatic carbocycles. The minimum Gasteiger partial charge on any atom is -0.341 e. The van der Waals surface area contributed by atoms with E-state index in [0.717, 1.165) is 38.8 Å². The van der Waals surface area contributed by atoms with Gasteiger partial charge in [0.15, 0.2) is 0 Å². The highest BCUT2D eigenvalue weighted by molar-refractivity contribution is 5.82. The van der Waals surface area contributed by atoms with E-state index >= 15 is 0 Å². The molecule has 1 amide bonds. The number of nitrogens with two attached hydrogens (primary N) is 1. The van der Waals surface area contributed by atoms with Crippen molar-refractivity contribution in [1.82, 2.24) is 4.90 Å². The number of carbonyl (C=O) groups is 1. The minimum absolute atomic E-state index is 0.206. The van der Waals surface area contributed by atoms with Gasteiger partial charge >= 0.3 is 0 Å². The molecule has 104 valence electrons. The Hall–Kier alpha value is -0.570. The first-order chi connectivity index (χ1) is 8.49. The molecule has 1 aliphatic heterocycles. The lowest BCUT2D eigenvalue weighted by Crippen LogP contribution is -2.51. The second kappa shape index (κ2) is 5.60. The lowest BCUT2D eigenvalue weighted by Gasteiger charge is -2.39. The fourth-order valence-electron chi connectivity index (χ4n) is 3.24. The molecule has 2 rings (SSSR count). The van der Waals surface area contributed by atoms with Crippen LogP contribution in [0.3, 0.4) is 0 Å². The van der Waals surface area contributed by atoms with Crippen molar-refractivity contribution in [2.24, 2.45) is 17.1 Å². The molecule has 1 atom stereocenters. The van der Waals surface area contributed by atoms with Gasteiger partial charge < -0.3 is 10.6 Å². The van der Waals surface area contributed by atoms with Crippen molar-refractivity contribution in [2.75, 3.05) is 13.1 Å². The number of piperidine rings is 1. The van der Waals surface area contributed by atoms with Crippen LogP contribution in [0.15, 0.2) is 0 Å². The van der Waals surface area contributed by atoms with Crippen molar-refractivity contribution < 1.29 is 4.79 Å². The summed E-state index contributed by atoms with van der Waals surface area (Å²) in [5.74, 6) is 0.638. The SMILES string of the molecule is CC1(C)CCN(C(=O)C(N)C2CCCCC2)CC1. The van der Waals surface area contributed by atoms with Crippen LogP contribution in [-0.2, 0) is 4.79 Å². The minimum atomic E-state index is -0.244. The summed E-state index contributed by atoms with van der Waals surface area (Å²) in [5, 5.41) is 0. The van der Waals surface area contributed by atoms with Gasteiger partial charge in [-0.05, 0) is 37.0 Å². The molecule has 0 bridgehead atoms. The maximum atomic E-state index is 12.4. The van der Waals surface area contributed by atoms with Crippen molar-refractivity contribution in [2.45, 2.75) is 64.8 Å². The summed E-state index contributed by atoms with van der Waals surface area (Å²) in [7, 11) is 0. The van der Waals surface area contributed by atoms with Crippen molar-refractivity contribution in [3.05, 3.63) is 0 Å². The Morgan fingerprint density at radius 1 is 1.17 bits per heavy atom. The van der Waals surface area contributed by atoms with Gasteiger partial charge in [-0.15, -0.1) is 0 Å². The summed E-state index contributed by atoms with van der Waals surface area (Å²) in [6.45, 7) is 6.37. The molecule has 3 heteroatoms. The van der Waals surface area contributed by atoms with Crippen LogP contribution in [0.4, 0.5) is 0 Å². The number of amides is 1. The Bertz CT molecular complexity index is 285. The average molecular weight is 252 g/mol. The number of likely N-dealkylation sites (tertiary alicyclic amines) is 1. The van der Waals surface area contributed by atoms with E-state index in [1.165, 1.54) is 19.3 Å². The Labute approximate surface area is 111 Å². The van der Waals surface area contributed by atoms with Gasteiger partial charge in [0.25, 0.3) is 0 Å². The first-order valence-corrected chi connectivity index (χ1v) is 7.54. The van der Waals surface area contributed by atoms with E-state index in [1.54, 1.807) is 0 Å². The van der Waals surface area contributed by atoms with Crippen LogP contribution in [-0.4, -0.2) is 29.9 Å². The second-order valence-corrected chi connectivity index (χ2v) is 6.91. The molecular formula is C15H28N2O. The Kier molecular flexibility index (Phi) is 4.31. The van der Waals surface area contributed by atoms with Crippen molar-refractivity contribution in [3.63, 3.8) is 0 Å². The third kappa shape index (κ3) is 3.25. The van der Waals surface area contributed by atoms with Crippen molar-refractivity contribution in [3.8, 4) is 0 Å². The maximum Gasteiger partial charge on any atom is 0.239 e. The molecular weight excluding hydrogens is 224 g/mol. The van der Waals surface area contributed by atoms with Gasteiger partial charge in [0.05, 0.1) is 6.04 Å². The van der Waals surface area contributed by atoms with Crippen LogP contribution in [0.1, 0.15) is 58.8 Å². The molecule has 0 aromatic heterocycles. The molecule has 1 aliphatic carbocycles. The number of carbonyl (C=O) groups excluding carboxylic acids is 1. The van der Waals surface area contributed by atoms with Gasteiger partial charge in [-0.2, -0.15) is 0 Å². The van der Waals surface area contributed by atoms with Crippen LogP contribution in [0.5, 0.6) is 0 Å². The Morgan fingerprint density at radius 3 is 2.28 bits per heavy atom. The second-order valence-electron chi connectivity index (χ2n) is 6.91. The van der Waals surface area contributed by atoms with Gasteiger partial charge in [-0.1, -0.05) is 33.1 Å². The third-order valence-corrected chi connectivity index (χ3v) is 4.87. The zero-order valence-electron chi connectivity index (χ0n) is 12.0. The molecule has 2 fully saturated rings. The lowest BCUT2D eigenvalue weighted by molar-refractivity contribution is -0.136. The fraction of sp³-hybridized carbons (Fsp3) is 0.933. The smallest absolute Gasteiger partial charge is 0.239 e. The fourth-order valence-corrected chi connectivity index (χ4v) is 3.24. The molecule has 0 spiro atoms. The monoisotopic (exact) mass is 252 g/mol. The zero-order valence-corrected chi connectivity index (χ0v) is 12.0. The van der Waals surface area contributed by atoms with Crippen molar-refractivity contribution in [1.29, 1.82) is 0 Å². The van der Waals surface area contributed by atoms with Gasteiger partial charge in [0, 0.05) is 13.1 Å². The first kappa shape index (κ1) is 13.9. The number of hydrogen-bond acceptors (Lipinski definition) is 2. The predicted molar refractivity (Wildman–Crippen MR) is 74.1 cm³/mol. The quantitative estimate of drug-likeness (QED) is 0.821. The molecule has 1 saturated heterocycles. The van der Waals surface area contributed by atoms with E-state index in [2.05, 4.69) is 13.8 Å². The molecule has 0 radical (unpaired) electrons.